The second-order valence-corrected chi connectivity index (χ2v) is 3.81. The van der Waals surface area contributed by atoms with Crippen molar-refractivity contribution >= 4 is 70.5 Å². The maximum absolute atomic E-state index is 9.95. The zero-order valence-corrected chi connectivity index (χ0v) is 17.0. The van der Waals surface area contributed by atoms with Gasteiger partial charge in [-0.3, -0.25) is 0 Å². The molecule has 0 spiro atoms. The predicted molar refractivity (Wildman–Crippen MR) is 78.4 cm³/mol. The van der Waals surface area contributed by atoms with Crippen LogP contribution in [-0.4, -0.2) is 101 Å². The van der Waals surface area contributed by atoms with Crippen LogP contribution in [0.15, 0.2) is 34.6 Å². The van der Waals surface area contributed by atoms with Gasteiger partial charge in [-0.1, -0.05) is 0 Å². The molecule has 0 radical (unpaired) electrons. The van der Waals surface area contributed by atoms with Gasteiger partial charge in [0.1, 0.15) is 0 Å². The Bertz CT molecular complexity index is 660. The number of hydrogen-bond acceptors (Lipinski definition) is 12. The number of carboxylic acid groups (broad SMARTS) is 6. The largest absolute Gasteiger partial charge is 3.00 e. The Hall–Kier alpha value is -4.10. The van der Waals surface area contributed by atoms with Crippen molar-refractivity contribution in [3.63, 3.8) is 0 Å². The molecule has 0 atom stereocenters. The first kappa shape index (κ1) is 38.5. The molecule has 0 aliphatic rings. The van der Waals surface area contributed by atoms with Crippen LogP contribution in [0.3, 0.4) is 0 Å². The van der Waals surface area contributed by atoms with Gasteiger partial charge in [0.15, 0.2) is 0 Å². The molecule has 0 bridgehead atoms. The Kier molecular flexibility index (Phi) is 21.3. The third-order valence-electron chi connectivity index (χ3n) is 1.78. The van der Waals surface area contributed by atoms with E-state index >= 15 is 0 Å². The minimum Gasteiger partial charge on any atom is -0.868 e. The van der Waals surface area contributed by atoms with Gasteiger partial charge in [0.05, 0.1) is 0 Å². The first-order valence-corrected chi connectivity index (χ1v) is 6.04. The van der Waals surface area contributed by atoms with Crippen LogP contribution < -0.4 is 30.6 Å². The molecular weight excluding hydrogens is 486 g/mol. The first-order chi connectivity index (χ1) is 13.4. The Morgan fingerprint density at radius 1 is 0.312 bits per heavy atom. The van der Waals surface area contributed by atoms with E-state index in [1.165, 1.54) is 0 Å². The summed E-state index contributed by atoms with van der Waals surface area (Å²) in [5.74, 6) is -24.0. The summed E-state index contributed by atoms with van der Waals surface area (Å²) in [5.41, 5.74) is 0. The van der Waals surface area contributed by atoms with Gasteiger partial charge in [-0.05, 0) is 34.6 Å². The molecule has 32 heavy (non-hydrogen) atoms. The van der Waals surface area contributed by atoms with Gasteiger partial charge in [-0.15, -0.1) is 0 Å². The summed E-state index contributed by atoms with van der Waals surface area (Å²) >= 11 is 0. The van der Waals surface area contributed by atoms with Crippen LogP contribution in [-0.2, 0) is 28.8 Å². The van der Waals surface area contributed by atoms with Gasteiger partial charge in [0.2, 0.25) is 0 Å². The van der Waals surface area contributed by atoms with Crippen molar-refractivity contribution in [3.05, 3.63) is 34.6 Å². The number of aliphatic carboxylic acids is 6. The number of carbonyl (C=O) groups is 6. The van der Waals surface area contributed by atoms with Crippen molar-refractivity contribution in [3.8, 4) is 0 Å². The van der Waals surface area contributed by atoms with Crippen LogP contribution in [0.5, 0.6) is 0 Å². The van der Waals surface area contributed by atoms with Crippen molar-refractivity contribution in [2.45, 2.75) is 0 Å². The fraction of sp³-hybridized carbons (Fsp3) is 0. The Morgan fingerprint density at radius 2 is 0.375 bits per heavy atom. The summed E-state index contributed by atoms with van der Waals surface area (Å²) in [6.45, 7) is 0. The van der Waals surface area contributed by atoms with Crippen LogP contribution in [0.4, 0.5) is 0 Å². The van der Waals surface area contributed by atoms with E-state index < -0.39 is 70.4 Å². The number of carboxylic acids is 6. The van der Waals surface area contributed by atoms with E-state index in [2.05, 4.69) is 0 Å². The topological polar surface area (TPSA) is 362 Å². The second kappa shape index (κ2) is 17.7. The summed E-state index contributed by atoms with van der Waals surface area (Å²) in [4.78, 5) is 57.7. The van der Waals surface area contributed by atoms with E-state index in [-0.39, 0.29) is 34.7 Å². The van der Waals surface area contributed by atoms with Crippen molar-refractivity contribution in [1.29, 1.82) is 0 Å². The molecule has 18 nitrogen and oxygen atoms in total. The van der Waals surface area contributed by atoms with Crippen LogP contribution >= 0.6 is 0 Å². The molecule has 0 aromatic heterocycles. The molecule has 0 amide bonds. The number of hydrogen-bond donors (Lipinski definition) is 6. The average Bonchev–Trinajstić information content (AvgIpc) is 2.64. The van der Waals surface area contributed by atoms with Crippen molar-refractivity contribution in [1.82, 2.24) is 0 Å². The van der Waals surface area contributed by atoms with Gasteiger partial charge in [-0.2, -0.15) is 0 Å². The minimum atomic E-state index is -2.06. The van der Waals surface area contributed by atoms with Gasteiger partial charge in [0.25, 0.3) is 0 Å². The molecule has 0 saturated heterocycles. The van der Waals surface area contributed by atoms with E-state index in [0.29, 0.717) is 0 Å². The van der Waals surface area contributed by atoms with Gasteiger partial charge < -0.3 is 61.3 Å². The molecular formula is C12H6Al2O18. The molecule has 0 aliphatic carbocycles. The molecule has 0 aliphatic heterocycles. The predicted octanol–water partition coefficient (Wildman–Crippen LogP) is -9.50. The van der Waals surface area contributed by atoms with Crippen LogP contribution in [0, 0.1) is 0 Å². The standard InChI is InChI=1S/3C4H4O6.2Al/c3*5-1(3(7)8)2(6)4(9)10;;/h3*5-6H,(H,7,8)(H,9,10);;/q;;;2*+3/p-6/b3*2-1-;;. The van der Waals surface area contributed by atoms with E-state index in [4.69, 9.17) is 30.6 Å². The quantitative estimate of drug-likeness (QED) is 0.114. The molecule has 0 fully saturated rings. The maximum Gasteiger partial charge on any atom is 3.00 e. The molecule has 0 saturated carbocycles. The Labute approximate surface area is 195 Å². The zero-order valence-electron chi connectivity index (χ0n) is 14.7. The summed E-state index contributed by atoms with van der Waals surface area (Å²) < 4.78 is 0. The minimum absolute atomic E-state index is 0. The van der Waals surface area contributed by atoms with E-state index in [1.807, 2.05) is 0 Å². The zero-order chi connectivity index (χ0) is 24.9. The normalized spacial score (nSPS) is 11.2. The number of rotatable bonds is 6. The second-order valence-electron chi connectivity index (χ2n) is 3.81. The van der Waals surface area contributed by atoms with E-state index in [0.717, 1.165) is 0 Å². The smallest absolute Gasteiger partial charge is 0.868 e. The van der Waals surface area contributed by atoms with Crippen molar-refractivity contribution < 1.29 is 90.0 Å². The fourth-order valence-corrected chi connectivity index (χ4v) is 0.583. The maximum atomic E-state index is 9.95. The summed E-state index contributed by atoms with van der Waals surface area (Å²) in [6, 6.07) is 0. The summed E-state index contributed by atoms with van der Waals surface area (Å²) in [7, 11) is 0. The van der Waals surface area contributed by atoms with Crippen molar-refractivity contribution in [2.24, 2.45) is 0 Å². The van der Waals surface area contributed by atoms with Gasteiger partial charge >= 0.3 is 70.5 Å². The van der Waals surface area contributed by atoms with Crippen LogP contribution in [0.2, 0.25) is 0 Å². The van der Waals surface area contributed by atoms with Gasteiger partial charge in [0, 0.05) is 0 Å². The first-order valence-electron chi connectivity index (χ1n) is 6.04. The molecule has 168 valence electrons. The molecule has 0 aromatic rings. The van der Waals surface area contributed by atoms with Crippen molar-refractivity contribution in [2.75, 3.05) is 0 Å². The van der Waals surface area contributed by atoms with Crippen LogP contribution in [0.1, 0.15) is 0 Å². The Balaban J connectivity index is -0.000000110. The molecule has 0 unspecified atom stereocenters. The average molecular weight is 492 g/mol. The molecule has 0 rings (SSSR count). The van der Waals surface area contributed by atoms with E-state index in [9.17, 15) is 59.4 Å². The Morgan fingerprint density at radius 3 is 0.406 bits per heavy atom. The molecule has 0 heterocycles. The third kappa shape index (κ3) is 15.8. The summed E-state index contributed by atoms with van der Waals surface area (Å²) in [5, 5.41) is 106. The van der Waals surface area contributed by atoms with Gasteiger partial charge in [-0.25, -0.2) is 28.8 Å². The monoisotopic (exact) mass is 492 g/mol. The van der Waals surface area contributed by atoms with Crippen LogP contribution in [0.25, 0.3) is 0 Å². The third-order valence-corrected chi connectivity index (χ3v) is 1.78. The molecule has 20 heteroatoms. The SMILES string of the molecule is O=C(O)/C([O-])=C(/[O-])C(=O)O.O=C(O)/C([O-])=C(/[O-])C(=O)O.O=C(O)/C([O-])=C(/[O-])C(=O)O.[Al+3].[Al+3]. The van der Waals surface area contributed by atoms with E-state index in [1.54, 1.807) is 0 Å². The summed E-state index contributed by atoms with van der Waals surface area (Å²) in [6.07, 6.45) is 0. The fourth-order valence-electron chi connectivity index (χ4n) is 0.583. The molecule has 6 N–H and O–H groups in total. The molecule has 0 aromatic carbocycles.